The first-order chi connectivity index (χ1) is 10.5. The van der Waals surface area contributed by atoms with E-state index in [0.717, 1.165) is 31.1 Å². The number of carbonyl (C=O) groups is 1. The lowest BCUT2D eigenvalue weighted by atomic mass is 10.2. The van der Waals surface area contributed by atoms with Crippen molar-refractivity contribution >= 4 is 22.9 Å². The van der Waals surface area contributed by atoms with Gasteiger partial charge in [0.05, 0.1) is 12.5 Å². The van der Waals surface area contributed by atoms with E-state index in [1.807, 2.05) is 10.6 Å². The summed E-state index contributed by atoms with van der Waals surface area (Å²) in [6.45, 7) is 0. The van der Waals surface area contributed by atoms with Crippen molar-refractivity contribution < 1.29 is 9.53 Å². The summed E-state index contributed by atoms with van der Waals surface area (Å²) < 4.78 is 7.33. The van der Waals surface area contributed by atoms with Crippen LogP contribution in [0.3, 0.4) is 0 Å². The number of fused-ring (bicyclic) bond motifs is 1. The zero-order valence-electron chi connectivity index (χ0n) is 13.2. The minimum Gasteiger partial charge on any atom is -0.480 e. The fraction of sp³-hybridized carbons (Fsp3) is 0.533. The maximum atomic E-state index is 12.6. The van der Waals surface area contributed by atoms with Crippen LogP contribution in [0.25, 0.3) is 11.0 Å². The van der Waals surface area contributed by atoms with Gasteiger partial charge in [-0.05, 0) is 18.9 Å². The predicted molar refractivity (Wildman–Crippen MR) is 84.0 cm³/mol. The number of amides is 1. The average Bonchev–Trinajstić information content (AvgIpc) is 3.11. The molecule has 3 rings (SSSR count). The van der Waals surface area contributed by atoms with Crippen LogP contribution in [-0.4, -0.2) is 46.5 Å². The van der Waals surface area contributed by atoms with Crippen LogP contribution in [0.5, 0.6) is 5.88 Å². The first-order valence-corrected chi connectivity index (χ1v) is 7.47. The van der Waals surface area contributed by atoms with E-state index in [2.05, 4.69) is 9.97 Å². The van der Waals surface area contributed by atoms with Crippen molar-refractivity contribution in [1.82, 2.24) is 19.4 Å². The summed E-state index contributed by atoms with van der Waals surface area (Å²) in [5, 5.41) is 0.730. The van der Waals surface area contributed by atoms with E-state index in [0.29, 0.717) is 17.2 Å². The highest BCUT2D eigenvalue weighted by atomic mass is 16.5. The molecule has 0 unspecified atom stereocenters. The van der Waals surface area contributed by atoms with E-state index < -0.39 is 0 Å². The molecular weight excluding hydrogens is 282 g/mol. The van der Waals surface area contributed by atoms with Crippen LogP contribution >= 0.6 is 0 Å². The van der Waals surface area contributed by atoms with Crippen LogP contribution in [0, 0.1) is 0 Å². The number of anilines is 1. The van der Waals surface area contributed by atoms with Crippen LogP contribution in [0.15, 0.2) is 6.07 Å². The third kappa shape index (κ3) is 2.26. The number of hydrogen-bond donors (Lipinski definition) is 1. The molecule has 2 heterocycles. The second kappa shape index (κ2) is 5.47. The van der Waals surface area contributed by atoms with Gasteiger partial charge in [0.2, 0.25) is 11.8 Å². The number of rotatable bonds is 3. The number of nitrogens with zero attached hydrogens (tertiary/aromatic N) is 4. The molecule has 1 amide bonds. The van der Waals surface area contributed by atoms with E-state index >= 15 is 0 Å². The van der Waals surface area contributed by atoms with Gasteiger partial charge in [0.25, 0.3) is 5.91 Å². The molecule has 2 N–H and O–H groups in total. The highest BCUT2D eigenvalue weighted by molar-refractivity contribution is 5.99. The fourth-order valence-electron chi connectivity index (χ4n) is 3.17. The van der Waals surface area contributed by atoms with E-state index in [1.54, 1.807) is 26.1 Å². The topological polar surface area (TPSA) is 86.3 Å². The molecule has 1 saturated carbocycles. The number of carbonyl (C=O) groups excluding carboxylic acids is 1. The van der Waals surface area contributed by atoms with Crippen LogP contribution in [0.2, 0.25) is 0 Å². The van der Waals surface area contributed by atoms with Gasteiger partial charge >= 0.3 is 0 Å². The van der Waals surface area contributed by atoms with E-state index in [9.17, 15) is 4.79 Å². The van der Waals surface area contributed by atoms with Gasteiger partial charge in [0, 0.05) is 20.1 Å². The van der Waals surface area contributed by atoms with Gasteiger partial charge < -0.3 is 19.9 Å². The normalized spacial score (nSPS) is 15.4. The summed E-state index contributed by atoms with van der Waals surface area (Å²) in [6, 6.07) is 2.09. The highest BCUT2D eigenvalue weighted by Gasteiger charge is 2.27. The monoisotopic (exact) mass is 303 g/mol. The van der Waals surface area contributed by atoms with Crippen LogP contribution in [0.1, 0.15) is 42.2 Å². The van der Waals surface area contributed by atoms with E-state index in [-0.39, 0.29) is 17.9 Å². The Labute approximate surface area is 129 Å². The van der Waals surface area contributed by atoms with Gasteiger partial charge in [-0.3, -0.25) is 4.79 Å². The van der Waals surface area contributed by atoms with E-state index in [4.69, 9.17) is 10.5 Å². The van der Waals surface area contributed by atoms with E-state index in [1.165, 1.54) is 0 Å². The minimum atomic E-state index is -0.0504. The zero-order valence-corrected chi connectivity index (χ0v) is 13.2. The SMILES string of the molecule is COc1nc(N)nc2c1cc(C(=O)N(C)C)n2C1CCCC1. The van der Waals surface area contributed by atoms with Crippen LogP contribution in [0.4, 0.5) is 5.95 Å². The summed E-state index contributed by atoms with van der Waals surface area (Å²) in [5.74, 6) is 0.517. The smallest absolute Gasteiger partial charge is 0.270 e. The summed E-state index contributed by atoms with van der Waals surface area (Å²) in [6.07, 6.45) is 4.42. The predicted octanol–water partition coefficient (Wildman–Crippen LogP) is 1.84. The Bertz CT molecular complexity index is 716. The number of methoxy groups -OCH3 is 1. The maximum Gasteiger partial charge on any atom is 0.270 e. The molecule has 7 heteroatoms. The second-order valence-electron chi connectivity index (χ2n) is 5.87. The van der Waals surface area contributed by atoms with Crippen molar-refractivity contribution in [2.45, 2.75) is 31.7 Å². The van der Waals surface area contributed by atoms with Gasteiger partial charge in [-0.1, -0.05) is 12.8 Å². The highest BCUT2D eigenvalue weighted by Crippen LogP contribution is 2.36. The molecule has 2 aromatic rings. The second-order valence-corrected chi connectivity index (χ2v) is 5.87. The first-order valence-electron chi connectivity index (χ1n) is 7.47. The molecule has 7 nitrogen and oxygen atoms in total. The molecule has 1 aliphatic carbocycles. The molecule has 0 aromatic carbocycles. The van der Waals surface area contributed by atoms with Gasteiger partial charge in [-0.25, -0.2) is 0 Å². The Hall–Kier alpha value is -2.31. The maximum absolute atomic E-state index is 12.6. The van der Waals surface area contributed by atoms with Crippen molar-refractivity contribution in [2.75, 3.05) is 26.9 Å². The van der Waals surface area contributed by atoms with Crippen LogP contribution < -0.4 is 10.5 Å². The lowest BCUT2D eigenvalue weighted by Gasteiger charge is -2.18. The summed E-state index contributed by atoms with van der Waals surface area (Å²) in [7, 11) is 5.04. The fourth-order valence-corrected chi connectivity index (χ4v) is 3.17. The molecule has 0 atom stereocenters. The van der Waals surface area contributed by atoms with Crippen molar-refractivity contribution in [3.63, 3.8) is 0 Å². The quantitative estimate of drug-likeness (QED) is 0.935. The van der Waals surface area contributed by atoms with Crippen molar-refractivity contribution in [2.24, 2.45) is 0 Å². The third-order valence-electron chi connectivity index (χ3n) is 4.19. The van der Waals surface area contributed by atoms with Gasteiger partial charge in [0.1, 0.15) is 11.3 Å². The zero-order chi connectivity index (χ0) is 15.9. The Morgan fingerprint density at radius 2 is 2.05 bits per heavy atom. The molecule has 0 bridgehead atoms. The molecule has 0 spiro atoms. The third-order valence-corrected chi connectivity index (χ3v) is 4.19. The Morgan fingerprint density at radius 3 is 2.64 bits per heavy atom. The van der Waals surface area contributed by atoms with Gasteiger partial charge in [-0.15, -0.1) is 0 Å². The first kappa shape index (κ1) is 14.6. The molecule has 0 aliphatic heterocycles. The summed E-state index contributed by atoms with van der Waals surface area (Å²) in [4.78, 5) is 22.6. The van der Waals surface area contributed by atoms with Crippen molar-refractivity contribution in [1.29, 1.82) is 0 Å². The largest absolute Gasteiger partial charge is 0.480 e. The minimum absolute atomic E-state index is 0.0504. The Morgan fingerprint density at radius 1 is 1.36 bits per heavy atom. The average molecular weight is 303 g/mol. The molecule has 2 aromatic heterocycles. The molecule has 118 valence electrons. The standard InChI is InChI=1S/C15H21N5O2/c1-19(2)14(21)11-8-10-12(17-15(16)18-13(10)22-3)20(11)9-6-4-5-7-9/h8-9H,4-7H2,1-3H3,(H2,16,17,18). The molecule has 0 radical (unpaired) electrons. The number of aromatic nitrogens is 3. The molecule has 1 fully saturated rings. The van der Waals surface area contributed by atoms with Crippen LogP contribution in [-0.2, 0) is 0 Å². The summed E-state index contributed by atoms with van der Waals surface area (Å²) >= 11 is 0. The lowest BCUT2D eigenvalue weighted by molar-refractivity contribution is 0.0815. The number of ether oxygens (including phenoxy) is 1. The Kier molecular flexibility index (Phi) is 3.64. The van der Waals surface area contributed by atoms with Gasteiger partial charge in [-0.2, -0.15) is 9.97 Å². The number of nitrogens with two attached hydrogens (primary N) is 1. The molecular formula is C15H21N5O2. The molecule has 22 heavy (non-hydrogen) atoms. The van der Waals surface area contributed by atoms with Gasteiger partial charge in [0.15, 0.2) is 0 Å². The number of hydrogen-bond acceptors (Lipinski definition) is 5. The molecule has 0 saturated heterocycles. The lowest BCUT2D eigenvalue weighted by Crippen LogP contribution is -2.25. The van der Waals surface area contributed by atoms with Crippen molar-refractivity contribution in [3.8, 4) is 5.88 Å². The Balaban J connectivity index is 2.28. The molecule has 1 aliphatic rings. The number of nitrogen functional groups attached to an aromatic ring is 1. The van der Waals surface area contributed by atoms with Crippen molar-refractivity contribution in [3.05, 3.63) is 11.8 Å². The summed E-state index contributed by atoms with van der Waals surface area (Å²) in [5.41, 5.74) is 7.10.